The average molecular weight is 270 g/mol. The average Bonchev–Trinajstić information content (AvgIpc) is 2.38. The second-order valence-corrected chi connectivity index (χ2v) is 6.18. The van der Waals surface area contributed by atoms with Crippen molar-refractivity contribution in [3.05, 3.63) is 52.1 Å². The van der Waals surface area contributed by atoms with E-state index in [1.165, 1.54) is 5.56 Å². The molecular formula is C17H22N2O. The van der Waals surface area contributed by atoms with Gasteiger partial charge in [0.05, 0.1) is 5.69 Å². The molecule has 0 aliphatic rings. The number of nitrogens with zero attached hydrogens (tertiary/aromatic N) is 1. The van der Waals surface area contributed by atoms with Crippen molar-refractivity contribution in [1.29, 1.82) is 0 Å². The largest absolute Gasteiger partial charge is 0.310 e. The topological polar surface area (TPSA) is 45.8 Å². The van der Waals surface area contributed by atoms with Crippen molar-refractivity contribution in [3.63, 3.8) is 0 Å². The van der Waals surface area contributed by atoms with Gasteiger partial charge in [-0.2, -0.15) is 0 Å². The fourth-order valence-corrected chi connectivity index (χ4v) is 2.14. The minimum Gasteiger partial charge on any atom is -0.310 e. The molecular weight excluding hydrogens is 248 g/mol. The van der Waals surface area contributed by atoms with Crippen LogP contribution in [0.15, 0.2) is 35.1 Å². The number of aryl methyl sites for hydroxylation is 1. The Morgan fingerprint density at radius 3 is 2.60 bits per heavy atom. The summed E-state index contributed by atoms with van der Waals surface area (Å²) in [6, 6.07) is 9.84. The minimum absolute atomic E-state index is 0.0965. The van der Waals surface area contributed by atoms with Crippen LogP contribution in [0.2, 0.25) is 0 Å². The number of hydrogen-bond acceptors (Lipinski definition) is 2. The lowest BCUT2D eigenvalue weighted by Crippen LogP contribution is -2.21. The maximum absolute atomic E-state index is 11.8. The van der Waals surface area contributed by atoms with Crippen LogP contribution in [-0.2, 0) is 11.8 Å². The second kappa shape index (κ2) is 5.61. The molecule has 0 amide bonds. The molecule has 1 heterocycles. The minimum atomic E-state index is -0.170. The normalized spacial score (nSPS) is 11.6. The van der Waals surface area contributed by atoms with Crippen LogP contribution in [0.4, 0.5) is 0 Å². The summed E-state index contributed by atoms with van der Waals surface area (Å²) in [6.45, 7) is 8.30. The van der Waals surface area contributed by atoms with Gasteiger partial charge in [-0.15, -0.1) is 0 Å². The SMILES string of the molecule is CCCc1cccc(-c2cc(=O)[nH]c(C(C)(C)C)n2)c1. The molecule has 20 heavy (non-hydrogen) atoms. The first-order chi connectivity index (χ1) is 9.40. The highest BCUT2D eigenvalue weighted by Crippen LogP contribution is 2.22. The maximum Gasteiger partial charge on any atom is 0.251 e. The van der Waals surface area contributed by atoms with E-state index in [4.69, 9.17) is 0 Å². The summed E-state index contributed by atoms with van der Waals surface area (Å²) in [5.74, 6) is 0.723. The van der Waals surface area contributed by atoms with Crippen molar-refractivity contribution in [2.45, 2.75) is 46.0 Å². The van der Waals surface area contributed by atoms with Gasteiger partial charge in [-0.25, -0.2) is 4.98 Å². The van der Waals surface area contributed by atoms with E-state index in [9.17, 15) is 4.79 Å². The molecule has 0 unspecified atom stereocenters. The monoisotopic (exact) mass is 270 g/mol. The van der Waals surface area contributed by atoms with Gasteiger partial charge in [-0.3, -0.25) is 4.79 Å². The number of aromatic amines is 1. The molecule has 106 valence electrons. The number of rotatable bonds is 3. The van der Waals surface area contributed by atoms with Crippen LogP contribution in [-0.4, -0.2) is 9.97 Å². The lowest BCUT2D eigenvalue weighted by atomic mass is 9.95. The number of H-pyrrole nitrogens is 1. The van der Waals surface area contributed by atoms with Crippen LogP contribution in [0.5, 0.6) is 0 Å². The van der Waals surface area contributed by atoms with E-state index in [1.807, 2.05) is 32.9 Å². The zero-order valence-electron chi connectivity index (χ0n) is 12.7. The standard InChI is InChI=1S/C17H22N2O/c1-5-7-12-8-6-9-13(10-12)14-11-15(20)19-16(18-14)17(2,3)4/h6,8-11H,5,7H2,1-4H3,(H,18,19,20). The molecule has 1 N–H and O–H groups in total. The van der Waals surface area contributed by atoms with E-state index in [0.717, 1.165) is 29.9 Å². The molecule has 0 fully saturated rings. The van der Waals surface area contributed by atoms with E-state index >= 15 is 0 Å². The predicted octanol–water partition coefficient (Wildman–Crippen LogP) is 3.69. The van der Waals surface area contributed by atoms with Crippen LogP contribution < -0.4 is 5.56 Å². The Morgan fingerprint density at radius 1 is 1.20 bits per heavy atom. The highest BCUT2D eigenvalue weighted by Gasteiger charge is 2.17. The van der Waals surface area contributed by atoms with Crippen LogP contribution in [0, 0.1) is 0 Å². The third kappa shape index (κ3) is 3.35. The lowest BCUT2D eigenvalue weighted by molar-refractivity contribution is 0.543. The Kier molecular flexibility index (Phi) is 4.07. The molecule has 0 aliphatic heterocycles. The van der Waals surface area contributed by atoms with Crippen LogP contribution >= 0.6 is 0 Å². The fourth-order valence-electron chi connectivity index (χ4n) is 2.14. The molecule has 3 nitrogen and oxygen atoms in total. The van der Waals surface area contributed by atoms with Gasteiger partial charge in [0.25, 0.3) is 5.56 Å². The van der Waals surface area contributed by atoms with Crippen molar-refractivity contribution in [1.82, 2.24) is 9.97 Å². The quantitative estimate of drug-likeness (QED) is 0.924. The molecule has 0 atom stereocenters. The summed E-state index contributed by atoms with van der Waals surface area (Å²) in [5, 5.41) is 0. The van der Waals surface area contributed by atoms with Crippen LogP contribution in [0.1, 0.15) is 45.5 Å². The number of aromatic nitrogens is 2. The Labute approximate surface area is 120 Å². The summed E-state index contributed by atoms with van der Waals surface area (Å²) in [6.07, 6.45) is 2.16. The number of benzene rings is 1. The maximum atomic E-state index is 11.8. The molecule has 0 aliphatic carbocycles. The first-order valence-corrected chi connectivity index (χ1v) is 7.11. The smallest absolute Gasteiger partial charge is 0.251 e. The first-order valence-electron chi connectivity index (χ1n) is 7.11. The highest BCUT2D eigenvalue weighted by atomic mass is 16.1. The van der Waals surface area contributed by atoms with E-state index in [0.29, 0.717) is 0 Å². The van der Waals surface area contributed by atoms with Gasteiger partial charge in [-0.1, -0.05) is 52.3 Å². The Bertz CT molecular complexity index is 651. The molecule has 0 saturated carbocycles. The van der Waals surface area contributed by atoms with E-state index in [1.54, 1.807) is 6.07 Å². The molecule has 3 heteroatoms. The van der Waals surface area contributed by atoms with Gasteiger partial charge in [0.15, 0.2) is 0 Å². The second-order valence-electron chi connectivity index (χ2n) is 6.18. The zero-order valence-corrected chi connectivity index (χ0v) is 12.7. The fraction of sp³-hybridized carbons (Fsp3) is 0.412. The molecule has 0 spiro atoms. The molecule has 0 bridgehead atoms. The summed E-state index contributed by atoms with van der Waals surface area (Å²) in [4.78, 5) is 19.3. The molecule has 2 rings (SSSR count). The van der Waals surface area contributed by atoms with E-state index < -0.39 is 0 Å². The van der Waals surface area contributed by atoms with Crippen molar-refractivity contribution < 1.29 is 0 Å². The predicted molar refractivity (Wildman–Crippen MR) is 83.0 cm³/mol. The van der Waals surface area contributed by atoms with Gasteiger partial charge in [0, 0.05) is 17.0 Å². The summed E-state index contributed by atoms with van der Waals surface area (Å²) >= 11 is 0. The molecule has 0 saturated heterocycles. The summed E-state index contributed by atoms with van der Waals surface area (Å²) in [5.41, 5.74) is 2.77. The number of nitrogens with one attached hydrogen (secondary N) is 1. The lowest BCUT2D eigenvalue weighted by Gasteiger charge is -2.17. The van der Waals surface area contributed by atoms with Gasteiger partial charge < -0.3 is 4.98 Å². The van der Waals surface area contributed by atoms with Gasteiger partial charge in [-0.05, 0) is 18.1 Å². The zero-order chi connectivity index (χ0) is 14.8. The third-order valence-electron chi connectivity index (χ3n) is 3.21. The van der Waals surface area contributed by atoms with Crippen LogP contribution in [0.3, 0.4) is 0 Å². The van der Waals surface area contributed by atoms with Gasteiger partial charge in [0.1, 0.15) is 5.82 Å². The molecule has 2 aromatic rings. The van der Waals surface area contributed by atoms with Crippen molar-refractivity contribution in [3.8, 4) is 11.3 Å². The summed E-state index contributed by atoms with van der Waals surface area (Å²) in [7, 11) is 0. The van der Waals surface area contributed by atoms with Gasteiger partial charge >= 0.3 is 0 Å². The van der Waals surface area contributed by atoms with Crippen LogP contribution in [0.25, 0.3) is 11.3 Å². The molecule has 1 aromatic carbocycles. The van der Waals surface area contributed by atoms with Crippen molar-refractivity contribution in [2.75, 3.05) is 0 Å². The molecule has 0 radical (unpaired) electrons. The number of hydrogen-bond donors (Lipinski definition) is 1. The Hall–Kier alpha value is -1.90. The van der Waals surface area contributed by atoms with Crippen molar-refractivity contribution >= 4 is 0 Å². The highest BCUT2D eigenvalue weighted by molar-refractivity contribution is 5.59. The van der Waals surface area contributed by atoms with E-state index in [-0.39, 0.29) is 11.0 Å². The van der Waals surface area contributed by atoms with E-state index in [2.05, 4.69) is 29.0 Å². The Balaban J connectivity index is 2.50. The third-order valence-corrected chi connectivity index (χ3v) is 3.21. The molecule has 1 aromatic heterocycles. The van der Waals surface area contributed by atoms with Crippen molar-refractivity contribution in [2.24, 2.45) is 0 Å². The Morgan fingerprint density at radius 2 is 1.95 bits per heavy atom. The summed E-state index contributed by atoms with van der Waals surface area (Å²) < 4.78 is 0. The first kappa shape index (κ1) is 14.5. The van der Waals surface area contributed by atoms with Gasteiger partial charge in [0.2, 0.25) is 0 Å².